The highest BCUT2D eigenvalue weighted by Crippen LogP contribution is 2.42. The number of ether oxygens (including phenoxy) is 5. The summed E-state index contributed by atoms with van der Waals surface area (Å²) < 4.78 is 36.6. The number of aliphatic hydroxyl groups is 2. The molecule has 2 amide bonds. The van der Waals surface area contributed by atoms with Crippen LogP contribution in [-0.4, -0.2) is 92.9 Å². The van der Waals surface area contributed by atoms with Gasteiger partial charge in [-0.05, 0) is 58.4 Å². The number of benzene rings is 3. The number of rotatable bonds is 6. The number of aliphatic hydroxyl groups excluding tert-OH is 2. The van der Waals surface area contributed by atoms with Gasteiger partial charge in [-0.3, -0.25) is 24.0 Å². The van der Waals surface area contributed by atoms with Gasteiger partial charge in [0.05, 0.1) is 35.6 Å². The molecule has 3 heterocycles. The Morgan fingerprint density at radius 1 is 0.942 bits per heavy atom. The lowest BCUT2D eigenvalue weighted by atomic mass is 9.73. The first-order valence-corrected chi connectivity index (χ1v) is 23.1. The summed E-state index contributed by atoms with van der Waals surface area (Å²) in [5.41, 5.74) is -3.12. The first kappa shape index (κ1) is 51.9. The molecule has 2 aliphatic rings. The van der Waals surface area contributed by atoms with E-state index in [1.54, 1.807) is 23.1 Å². The Bertz CT molecular complexity index is 2970. The molecule has 0 unspecified atom stereocenters. The van der Waals surface area contributed by atoms with Crippen molar-refractivity contribution in [2.24, 2.45) is 29.6 Å². The van der Waals surface area contributed by atoms with E-state index >= 15 is 0 Å². The van der Waals surface area contributed by atoms with Crippen LogP contribution in [0, 0.1) is 36.5 Å². The number of allylic oxidation sites excluding steroid dienone is 2. The molecule has 4 aromatic rings. The fraction of sp³-hybridized carbons (Fsp3) is 0.500. The highest BCUT2D eigenvalue weighted by molar-refractivity contribution is 6.16. The van der Waals surface area contributed by atoms with Gasteiger partial charge in [0.2, 0.25) is 16.8 Å². The fourth-order valence-corrected chi connectivity index (χ4v) is 9.38. The largest absolute Gasteiger partial charge is 0.507 e. The maximum atomic E-state index is 14.9. The van der Waals surface area contributed by atoms with E-state index in [2.05, 4.69) is 5.32 Å². The number of phenolic OH excluding ortho intramolecular Hbond substituents is 1. The molecule has 372 valence electrons. The Morgan fingerprint density at radius 3 is 2.25 bits per heavy atom. The number of aromatic hydroxyl groups is 1. The van der Waals surface area contributed by atoms with E-state index in [0.717, 1.165) is 0 Å². The quantitative estimate of drug-likeness (QED) is 0.0878. The number of phenols is 1. The molecule has 1 aromatic heterocycles. The van der Waals surface area contributed by atoms with Gasteiger partial charge in [-0.15, -0.1) is 0 Å². The van der Waals surface area contributed by atoms with Gasteiger partial charge in [0.1, 0.15) is 41.2 Å². The van der Waals surface area contributed by atoms with Gasteiger partial charge in [-0.1, -0.05) is 52.8 Å². The van der Waals surface area contributed by atoms with Crippen LogP contribution in [0.2, 0.25) is 0 Å². The molecule has 17 heteroatoms. The van der Waals surface area contributed by atoms with E-state index in [9.17, 15) is 39.3 Å². The molecule has 0 aliphatic carbocycles. The Labute approximate surface area is 400 Å². The van der Waals surface area contributed by atoms with Crippen LogP contribution in [-0.2, 0) is 28.6 Å². The lowest BCUT2D eigenvalue weighted by Gasteiger charge is -2.39. The Kier molecular flexibility index (Phi) is 15.0. The Morgan fingerprint density at radius 2 is 1.62 bits per heavy atom. The van der Waals surface area contributed by atoms with E-state index < -0.39 is 81.4 Å². The Hall–Kier alpha value is -6.46. The summed E-state index contributed by atoms with van der Waals surface area (Å²) in [6, 6.07) is 2.60. The number of carbonyl (C=O) groups is 3. The molecule has 69 heavy (non-hydrogen) atoms. The van der Waals surface area contributed by atoms with E-state index in [1.165, 1.54) is 66.2 Å². The average Bonchev–Trinajstić information content (AvgIpc) is 3.54. The number of fused-ring (bicyclic) bond motifs is 2. The first-order valence-electron chi connectivity index (χ1n) is 23.1. The zero-order valence-corrected chi connectivity index (χ0v) is 41.8. The highest BCUT2D eigenvalue weighted by atomic mass is 16.7. The number of hydrogen-bond donors (Lipinski definition) is 4. The number of nitrogens with one attached hydrogen (secondary N) is 1. The molecule has 6 rings (SSSR count). The Balaban J connectivity index is 1.60. The molecular weight excluding hydrogens is 891 g/mol. The van der Waals surface area contributed by atoms with Crippen molar-refractivity contribution in [3.05, 3.63) is 79.5 Å². The normalized spacial score (nSPS) is 27.6. The van der Waals surface area contributed by atoms with E-state index in [0.29, 0.717) is 0 Å². The fourth-order valence-electron chi connectivity index (χ4n) is 9.38. The minimum absolute atomic E-state index is 0.0183. The molecule has 2 aliphatic heterocycles. The zero-order valence-electron chi connectivity index (χ0n) is 41.8. The van der Waals surface area contributed by atoms with Crippen LogP contribution in [0.3, 0.4) is 0 Å². The van der Waals surface area contributed by atoms with Crippen molar-refractivity contribution in [1.82, 2.24) is 9.88 Å². The van der Waals surface area contributed by atoms with Crippen molar-refractivity contribution < 1.29 is 57.8 Å². The summed E-state index contributed by atoms with van der Waals surface area (Å²) >= 11 is 0. The van der Waals surface area contributed by atoms with Crippen LogP contribution in [0.4, 0.5) is 5.69 Å². The van der Waals surface area contributed by atoms with Gasteiger partial charge >= 0.3 is 11.8 Å². The third kappa shape index (κ3) is 10.0. The van der Waals surface area contributed by atoms with Gasteiger partial charge in [-0.2, -0.15) is 0 Å². The van der Waals surface area contributed by atoms with Crippen molar-refractivity contribution in [1.29, 1.82) is 0 Å². The van der Waals surface area contributed by atoms with E-state index in [1.807, 2.05) is 55.4 Å². The van der Waals surface area contributed by atoms with Crippen LogP contribution in [0.25, 0.3) is 38.7 Å². The molecule has 0 spiro atoms. The minimum Gasteiger partial charge on any atom is -0.507 e. The number of carbonyl (C=O) groups excluding carboxylic acids is 3. The SMILES string of the molecule is CO[C@H]1/C=C/O[C@@]2(C)Oc3c(C)c(O)c4c(=O)c(c5oc6cc(OCCN(C(C)=O)C(C)(C)C)cc(=O)c6nc5c4c3=C2O)NC(=O)/C(C)=C\C=C\[C@H](C)[C@H](O)[C@@H](C)[C@@H](C)[C@@H](C)[C@H](OC(C)=O)[C@@H]1C. The highest BCUT2D eigenvalue weighted by Gasteiger charge is 2.44. The van der Waals surface area contributed by atoms with Crippen molar-refractivity contribution in [3.8, 4) is 17.2 Å². The molecule has 3 aromatic carbocycles. The van der Waals surface area contributed by atoms with E-state index in [4.69, 9.17) is 33.1 Å². The summed E-state index contributed by atoms with van der Waals surface area (Å²) in [4.78, 5) is 74.0. The van der Waals surface area contributed by atoms with Crippen LogP contribution in [0.15, 0.2) is 62.3 Å². The lowest BCUT2D eigenvalue weighted by Crippen LogP contribution is -2.46. The zero-order chi connectivity index (χ0) is 51.2. The van der Waals surface area contributed by atoms with Crippen LogP contribution < -0.4 is 30.9 Å². The molecule has 0 saturated carbocycles. The maximum Gasteiger partial charge on any atom is 0.307 e. The average molecular weight is 956 g/mol. The van der Waals surface area contributed by atoms with Crippen LogP contribution in [0.5, 0.6) is 17.2 Å². The molecule has 9 atom stereocenters. The number of esters is 1. The van der Waals surface area contributed by atoms with E-state index in [-0.39, 0.29) is 97.6 Å². The summed E-state index contributed by atoms with van der Waals surface area (Å²) in [6.45, 7) is 22.6. The number of amides is 2. The van der Waals surface area contributed by atoms with Crippen molar-refractivity contribution in [2.45, 2.75) is 120 Å². The van der Waals surface area contributed by atoms with Crippen LogP contribution >= 0.6 is 0 Å². The predicted octanol–water partition coefficient (Wildman–Crippen LogP) is 6.86. The third-order valence-corrected chi connectivity index (χ3v) is 13.8. The number of hydrogen-bond acceptors (Lipinski definition) is 15. The van der Waals surface area contributed by atoms with Gasteiger partial charge in [0, 0.05) is 73.9 Å². The smallest absolute Gasteiger partial charge is 0.307 e. The van der Waals surface area contributed by atoms with Crippen molar-refractivity contribution >= 4 is 62.2 Å². The second kappa shape index (κ2) is 19.9. The summed E-state index contributed by atoms with van der Waals surface area (Å²) in [7, 11) is 1.49. The summed E-state index contributed by atoms with van der Waals surface area (Å²) in [5, 5.41) is 37.7. The van der Waals surface area contributed by atoms with Gasteiger partial charge in [0.25, 0.3) is 5.91 Å². The number of methoxy groups -OCH3 is 1. The molecule has 0 saturated heterocycles. The van der Waals surface area contributed by atoms with Gasteiger partial charge in [0.15, 0.2) is 22.4 Å². The summed E-state index contributed by atoms with van der Waals surface area (Å²) in [5.74, 6) is -6.02. The molecule has 0 radical (unpaired) electrons. The molecule has 0 fully saturated rings. The monoisotopic (exact) mass is 955 g/mol. The van der Waals surface area contributed by atoms with Gasteiger partial charge in [-0.25, -0.2) is 4.98 Å². The number of anilines is 1. The second-order valence-corrected chi connectivity index (χ2v) is 19.6. The lowest BCUT2D eigenvalue weighted by molar-refractivity contribution is -0.157. The number of nitrogens with zero attached hydrogens (tertiary/aromatic N) is 2. The molecule has 4 N–H and O–H groups in total. The standard InChI is InChI=1S/C52H65N3O14/c1-24-16-15-17-25(2)50(63)54-42-45(61)38-37(41-48(42)68-36-23-33(22-34(58)40(36)53-41)65-21-19-55(31(8)56)51(10,11)12)39-47(30(7)44(38)60)69-52(13,49(39)62)66-20-18-35(64-14)29(6)46(67-32(9)57)28(5)26(3)27(4)43(24)59/h15-18,20,22-24,26-29,35,43,46,59-60,62H,19,21H2,1-14H3,(H,54,63)/b16-15+,20-18+,25-17-/t24-,26+,27-,28+,29+,35-,43-,46-,52-/m0/s1. The third-order valence-electron chi connectivity index (χ3n) is 13.8. The molecular formula is C52H65N3O14. The topological polar surface area (TPSA) is 233 Å². The second-order valence-electron chi connectivity index (χ2n) is 19.6. The first-order chi connectivity index (χ1) is 32.2. The van der Waals surface area contributed by atoms with Gasteiger partial charge < -0.3 is 53.6 Å². The maximum absolute atomic E-state index is 14.9. The van der Waals surface area contributed by atoms with Crippen LogP contribution in [0.1, 0.15) is 88.6 Å². The summed E-state index contributed by atoms with van der Waals surface area (Å²) in [6.07, 6.45) is 5.51. The molecule has 4 bridgehead atoms. The minimum atomic E-state index is -1.98. The van der Waals surface area contributed by atoms with Crippen molar-refractivity contribution in [3.63, 3.8) is 0 Å². The number of aromatic nitrogens is 1. The predicted molar refractivity (Wildman–Crippen MR) is 261 cm³/mol. The molecule has 17 nitrogen and oxygen atoms in total. The van der Waals surface area contributed by atoms with Crippen molar-refractivity contribution in [2.75, 3.05) is 25.6 Å².